The van der Waals surface area contributed by atoms with Gasteiger partial charge in [-0.25, -0.2) is 4.79 Å². The van der Waals surface area contributed by atoms with Crippen molar-refractivity contribution in [3.05, 3.63) is 0 Å². The molecule has 0 aliphatic heterocycles. The smallest absolute Gasteiger partial charge is 0.449 e. The van der Waals surface area contributed by atoms with Crippen LogP contribution in [0.15, 0.2) is 0 Å². The van der Waals surface area contributed by atoms with Crippen molar-refractivity contribution in [3.63, 3.8) is 0 Å². The van der Waals surface area contributed by atoms with Gasteiger partial charge in [0.15, 0.2) is 0 Å². The molecule has 2 N–H and O–H groups in total. The first kappa shape index (κ1) is 16.8. The first-order valence-electron chi connectivity index (χ1n) is 5.06. The fourth-order valence-electron chi connectivity index (χ4n) is 0.854. The minimum atomic E-state index is -4.82. The fourth-order valence-corrected chi connectivity index (χ4v) is 0.854. The lowest BCUT2D eigenvalue weighted by atomic mass is 10.1. The summed E-state index contributed by atoms with van der Waals surface area (Å²) < 4.78 is 26.0. The number of hydrogen-bond acceptors (Lipinski definition) is 3. The number of carbonyl (C=O) groups is 1. The van der Waals surface area contributed by atoms with Crippen LogP contribution in [0.3, 0.4) is 0 Å². The van der Waals surface area contributed by atoms with Crippen molar-refractivity contribution in [2.45, 2.75) is 52.4 Å². The van der Waals surface area contributed by atoms with Crippen molar-refractivity contribution >= 4 is 15.4 Å². The molecule has 0 aliphatic carbocycles. The van der Waals surface area contributed by atoms with E-state index in [1.807, 2.05) is 0 Å². The summed E-state index contributed by atoms with van der Waals surface area (Å²) in [5.74, 6) is 0. The number of carboxylic acid groups (broad SMARTS) is 1. The Morgan fingerprint density at radius 1 is 1.00 bits per heavy atom. The highest BCUT2D eigenvalue weighted by Crippen LogP contribution is 2.03. The summed E-state index contributed by atoms with van der Waals surface area (Å²) in [7, 11) is -4.82. The fraction of sp³-hybridized carbons (Fsp3) is 0.889. The summed E-state index contributed by atoms with van der Waals surface area (Å²) in [6.07, 6.45) is 8.49. The molecule has 0 saturated heterocycles. The van der Waals surface area contributed by atoms with Crippen molar-refractivity contribution < 1.29 is 22.9 Å². The Morgan fingerprint density at radius 2 is 1.27 bits per heavy atom. The van der Waals surface area contributed by atoms with E-state index in [9.17, 15) is 13.2 Å². The quantitative estimate of drug-likeness (QED) is 0.569. The molecule has 15 heavy (non-hydrogen) atoms. The number of unbranched alkanes of at least 4 members (excludes halogenated alkanes) is 5. The second-order valence-corrected chi connectivity index (χ2v) is 4.45. The van der Waals surface area contributed by atoms with Crippen LogP contribution in [0.25, 0.3) is 0 Å². The molecule has 0 saturated carbocycles. The van der Waals surface area contributed by atoms with Crippen LogP contribution in [0.5, 0.6) is 0 Å². The average molecular weight is 240 g/mol. The lowest BCUT2D eigenvalue weighted by Gasteiger charge is -1.93. The van der Waals surface area contributed by atoms with Crippen LogP contribution in [0.4, 0.5) is 4.79 Å². The van der Waals surface area contributed by atoms with Crippen LogP contribution in [0, 0.1) is 0 Å². The summed E-state index contributed by atoms with van der Waals surface area (Å²) >= 11 is 0. The summed E-state index contributed by atoms with van der Waals surface area (Å²) in [6.45, 7) is 4.51. The molecule has 0 heterocycles. The van der Waals surface area contributed by atoms with E-state index in [1.165, 1.54) is 38.5 Å². The first-order chi connectivity index (χ1) is 6.86. The molecule has 0 amide bonds. The van der Waals surface area contributed by atoms with Gasteiger partial charge in [-0.2, -0.15) is 8.42 Å². The van der Waals surface area contributed by atoms with Gasteiger partial charge in [0.25, 0.3) is 0 Å². The molecule has 0 bridgehead atoms. The summed E-state index contributed by atoms with van der Waals surface area (Å²) in [5.41, 5.74) is 0. The van der Waals surface area contributed by atoms with Gasteiger partial charge in [0, 0.05) is 0 Å². The molecule has 0 atom stereocenters. The number of rotatable bonds is 5. The molecule has 0 aromatic heterocycles. The van der Waals surface area contributed by atoms with E-state index >= 15 is 0 Å². The standard InChI is InChI=1S/C8H18.CH2O5S/c1-3-5-7-8-6-4-2;2-1(3)7(4,5)6/h3-8H2,1-2H3;(H,2,3)(H,4,5,6). The second-order valence-electron chi connectivity index (χ2n) is 3.16. The maximum absolute atomic E-state index is 9.29. The Hall–Kier alpha value is -0.620. The van der Waals surface area contributed by atoms with Crippen LogP contribution in [0.2, 0.25) is 0 Å². The van der Waals surface area contributed by atoms with Crippen molar-refractivity contribution in [1.29, 1.82) is 0 Å². The molecular weight excluding hydrogens is 220 g/mol. The second kappa shape index (κ2) is 9.92. The van der Waals surface area contributed by atoms with Gasteiger partial charge in [0.05, 0.1) is 0 Å². The Bertz CT molecular complexity index is 239. The molecule has 0 fully saturated rings. The minimum absolute atomic E-state index is 1.36. The zero-order valence-electron chi connectivity index (χ0n) is 9.27. The maximum atomic E-state index is 9.29. The summed E-state index contributed by atoms with van der Waals surface area (Å²) in [6, 6.07) is 0. The molecule has 0 aromatic carbocycles. The van der Waals surface area contributed by atoms with Gasteiger partial charge in [0.1, 0.15) is 0 Å². The van der Waals surface area contributed by atoms with Crippen molar-refractivity contribution in [2.75, 3.05) is 0 Å². The van der Waals surface area contributed by atoms with Crippen LogP contribution < -0.4 is 0 Å². The van der Waals surface area contributed by atoms with E-state index in [0.29, 0.717) is 0 Å². The Kier molecular flexibility index (Phi) is 11.1. The van der Waals surface area contributed by atoms with Gasteiger partial charge in [-0.15, -0.1) is 0 Å². The van der Waals surface area contributed by atoms with E-state index in [4.69, 9.17) is 9.66 Å². The lowest BCUT2D eigenvalue weighted by Crippen LogP contribution is -2.08. The molecule has 0 aliphatic rings. The predicted octanol–water partition coefficient (Wildman–Crippen LogP) is 2.92. The van der Waals surface area contributed by atoms with Crippen LogP contribution >= 0.6 is 0 Å². The normalized spacial score (nSPS) is 10.3. The third-order valence-electron chi connectivity index (χ3n) is 1.68. The van der Waals surface area contributed by atoms with Gasteiger partial charge in [-0.1, -0.05) is 52.4 Å². The largest absolute Gasteiger partial charge is 0.468 e. The molecule has 6 heteroatoms. The Balaban J connectivity index is 0. The SMILES string of the molecule is CCCCCCCC.O=C(O)S(=O)(=O)O. The zero-order valence-corrected chi connectivity index (χ0v) is 10.1. The third-order valence-corrected chi connectivity index (χ3v) is 2.12. The van der Waals surface area contributed by atoms with E-state index in [0.717, 1.165) is 0 Å². The van der Waals surface area contributed by atoms with Crippen LogP contribution in [0.1, 0.15) is 52.4 Å². The molecule has 0 aromatic rings. The van der Waals surface area contributed by atoms with Crippen molar-refractivity contribution in [1.82, 2.24) is 0 Å². The van der Waals surface area contributed by atoms with Gasteiger partial charge < -0.3 is 5.11 Å². The third kappa shape index (κ3) is 16.1. The first-order valence-corrected chi connectivity index (χ1v) is 6.50. The minimum Gasteiger partial charge on any atom is -0.468 e. The van der Waals surface area contributed by atoms with E-state index in [1.54, 1.807) is 0 Å². The maximum Gasteiger partial charge on any atom is 0.449 e. The van der Waals surface area contributed by atoms with E-state index in [2.05, 4.69) is 13.8 Å². The molecule has 92 valence electrons. The van der Waals surface area contributed by atoms with Crippen LogP contribution in [-0.4, -0.2) is 23.4 Å². The highest BCUT2D eigenvalue weighted by atomic mass is 32.2. The predicted molar refractivity (Wildman–Crippen MR) is 58.6 cm³/mol. The molecule has 5 nitrogen and oxygen atoms in total. The molecule has 0 unspecified atom stereocenters. The highest BCUT2D eigenvalue weighted by molar-refractivity contribution is 8.00. The average Bonchev–Trinajstić information content (AvgIpc) is 2.12. The van der Waals surface area contributed by atoms with E-state index in [-0.39, 0.29) is 0 Å². The van der Waals surface area contributed by atoms with Crippen molar-refractivity contribution in [2.24, 2.45) is 0 Å². The topological polar surface area (TPSA) is 91.7 Å². The summed E-state index contributed by atoms with van der Waals surface area (Å²) in [5, 5.41) is 5.18. The van der Waals surface area contributed by atoms with Gasteiger partial charge >= 0.3 is 15.4 Å². The van der Waals surface area contributed by atoms with Crippen molar-refractivity contribution in [3.8, 4) is 0 Å². The van der Waals surface area contributed by atoms with Gasteiger partial charge in [-0.3, -0.25) is 4.55 Å². The van der Waals surface area contributed by atoms with Gasteiger partial charge in [0.2, 0.25) is 0 Å². The Morgan fingerprint density at radius 3 is 1.40 bits per heavy atom. The Labute approximate surface area is 91.2 Å². The van der Waals surface area contributed by atoms with E-state index < -0.39 is 15.4 Å². The molecular formula is C9H20O5S. The monoisotopic (exact) mass is 240 g/mol. The summed E-state index contributed by atoms with van der Waals surface area (Å²) in [4.78, 5) is 9.18. The molecule has 0 spiro atoms. The highest BCUT2D eigenvalue weighted by Gasteiger charge is 2.14. The van der Waals surface area contributed by atoms with Crippen LogP contribution in [-0.2, 0) is 10.1 Å². The molecule has 0 radical (unpaired) electrons. The number of hydrogen-bond donors (Lipinski definition) is 2. The lowest BCUT2D eigenvalue weighted by molar-refractivity contribution is 0.216. The van der Waals surface area contributed by atoms with Gasteiger partial charge in [-0.05, 0) is 0 Å². The zero-order chi connectivity index (χ0) is 12.3. The molecule has 0 rings (SSSR count).